The molecule has 0 radical (unpaired) electrons. The monoisotopic (exact) mass is 314 g/mol. The van der Waals surface area contributed by atoms with Crippen molar-refractivity contribution in [1.82, 2.24) is 4.90 Å². The van der Waals surface area contributed by atoms with Crippen molar-refractivity contribution in [2.45, 2.75) is 25.3 Å². The number of halogens is 2. The van der Waals surface area contributed by atoms with Gasteiger partial charge >= 0.3 is 0 Å². The summed E-state index contributed by atoms with van der Waals surface area (Å²) in [5.41, 5.74) is 6.26. The van der Waals surface area contributed by atoms with E-state index >= 15 is 0 Å². The average Bonchev–Trinajstić information content (AvgIpc) is 2.34. The number of nitrogens with zero attached hydrogens (tertiary/aromatic N) is 1. The van der Waals surface area contributed by atoms with E-state index in [0.29, 0.717) is 12.1 Å². The fraction of sp³-hybridized carbons (Fsp3) is 0.462. The van der Waals surface area contributed by atoms with Gasteiger partial charge in [-0.2, -0.15) is 0 Å². The third-order valence-electron chi connectivity index (χ3n) is 3.16. The molecule has 0 bridgehead atoms. The lowest BCUT2D eigenvalue weighted by molar-refractivity contribution is -0.131. The van der Waals surface area contributed by atoms with E-state index in [-0.39, 0.29) is 24.2 Å². The molecule has 98 valence electrons. The van der Waals surface area contributed by atoms with Gasteiger partial charge in [-0.15, -0.1) is 0 Å². The minimum atomic E-state index is -0.340. The van der Waals surface area contributed by atoms with Crippen molar-refractivity contribution in [1.29, 1.82) is 0 Å². The van der Waals surface area contributed by atoms with Gasteiger partial charge in [0.15, 0.2) is 0 Å². The van der Waals surface area contributed by atoms with E-state index in [4.69, 9.17) is 5.73 Å². The summed E-state index contributed by atoms with van der Waals surface area (Å²) in [5.74, 6) is -0.394. The van der Waals surface area contributed by atoms with Crippen LogP contribution in [-0.2, 0) is 11.2 Å². The second-order valence-electron chi connectivity index (χ2n) is 4.65. The molecule has 1 fully saturated rings. The summed E-state index contributed by atoms with van der Waals surface area (Å²) >= 11 is 3.28. The number of carbonyl (C=O) groups excluding carboxylic acids is 1. The van der Waals surface area contributed by atoms with Crippen LogP contribution in [0.3, 0.4) is 0 Å². The maximum atomic E-state index is 13.6. The van der Waals surface area contributed by atoms with Crippen molar-refractivity contribution >= 4 is 21.8 Å². The first-order valence-electron chi connectivity index (χ1n) is 6.03. The summed E-state index contributed by atoms with van der Waals surface area (Å²) < 4.78 is 14.3. The molecule has 1 aromatic carbocycles. The molecule has 1 heterocycles. The largest absolute Gasteiger partial charge is 0.341 e. The molecule has 3 nitrogen and oxygen atoms in total. The third kappa shape index (κ3) is 3.29. The molecule has 2 rings (SSSR count). The van der Waals surface area contributed by atoms with Crippen LogP contribution in [0.5, 0.6) is 0 Å². The summed E-state index contributed by atoms with van der Waals surface area (Å²) in [6.07, 6.45) is 1.97. The van der Waals surface area contributed by atoms with Gasteiger partial charge in [-0.3, -0.25) is 4.79 Å². The number of nitrogens with two attached hydrogens (primary N) is 1. The molecule has 5 heteroatoms. The quantitative estimate of drug-likeness (QED) is 0.908. The van der Waals surface area contributed by atoms with E-state index in [1.165, 1.54) is 6.07 Å². The van der Waals surface area contributed by atoms with Gasteiger partial charge in [-0.1, -0.05) is 15.9 Å². The van der Waals surface area contributed by atoms with E-state index in [2.05, 4.69) is 15.9 Å². The topological polar surface area (TPSA) is 46.3 Å². The fourth-order valence-electron chi connectivity index (χ4n) is 2.19. The van der Waals surface area contributed by atoms with Crippen molar-refractivity contribution in [3.63, 3.8) is 0 Å². The van der Waals surface area contributed by atoms with Gasteiger partial charge in [0, 0.05) is 23.6 Å². The highest BCUT2D eigenvalue weighted by atomic mass is 79.9. The minimum absolute atomic E-state index is 0.0510. The lowest BCUT2D eigenvalue weighted by atomic mass is 10.0. The zero-order valence-corrected chi connectivity index (χ0v) is 11.6. The van der Waals surface area contributed by atoms with E-state index in [0.717, 1.165) is 23.9 Å². The number of hydrogen-bond donors (Lipinski definition) is 1. The Morgan fingerprint density at radius 3 is 3.06 bits per heavy atom. The molecule has 1 aromatic rings. The number of amides is 1. The average molecular weight is 315 g/mol. The molecule has 1 saturated heterocycles. The highest BCUT2D eigenvalue weighted by Crippen LogP contribution is 2.17. The van der Waals surface area contributed by atoms with Crippen LogP contribution in [-0.4, -0.2) is 29.9 Å². The van der Waals surface area contributed by atoms with Gasteiger partial charge in [-0.25, -0.2) is 4.39 Å². The van der Waals surface area contributed by atoms with E-state index < -0.39 is 0 Å². The first-order chi connectivity index (χ1) is 8.56. The predicted octanol–water partition coefficient (Wildman–Crippen LogP) is 2.08. The van der Waals surface area contributed by atoms with Crippen LogP contribution < -0.4 is 5.73 Å². The summed E-state index contributed by atoms with van der Waals surface area (Å²) in [6.45, 7) is 1.30. The standard InChI is InChI=1S/C13H16BrFN2O/c14-10-3-4-12(15)9(6-10)7-13(18)17-5-1-2-11(16)8-17/h3-4,6,11H,1-2,5,7-8,16H2. The van der Waals surface area contributed by atoms with Crippen molar-refractivity contribution < 1.29 is 9.18 Å². The fourth-order valence-corrected chi connectivity index (χ4v) is 2.60. The van der Waals surface area contributed by atoms with Gasteiger partial charge < -0.3 is 10.6 Å². The molecule has 18 heavy (non-hydrogen) atoms. The molecule has 1 atom stereocenters. The highest BCUT2D eigenvalue weighted by molar-refractivity contribution is 9.10. The van der Waals surface area contributed by atoms with Gasteiger partial charge in [0.1, 0.15) is 5.82 Å². The van der Waals surface area contributed by atoms with Crippen molar-refractivity contribution in [3.8, 4) is 0 Å². The number of piperidine rings is 1. The Kier molecular flexibility index (Phi) is 4.35. The van der Waals surface area contributed by atoms with Gasteiger partial charge in [-0.05, 0) is 36.6 Å². The van der Waals surface area contributed by atoms with E-state index in [1.54, 1.807) is 17.0 Å². The number of rotatable bonds is 2. The van der Waals surface area contributed by atoms with Gasteiger partial charge in [0.25, 0.3) is 0 Å². The Morgan fingerprint density at radius 1 is 1.56 bits per heavy atom. The molecule has 1 amide bonds. The van der Waals surface area contributed by atoms with Crippen molar-refractivity contribution in [3.05, 3.63) is 34.1 Å². The maximum absolute atomic E-state index is 13.6. The van der Waals surface area contributed by atoms with Crippen molar-refractivity contribution in [2.75, 3.05) is 13.1 Å². The Bertz CT molecular complexity index is 453. The van der Waals surface area contributed by atoms with Gasteiger partial charge in [0.05, 0.1) is 6.42 Å². The molecule has 0 aliphatic carbocycles. The van der Waals surface area contributed by atoms with Crippen LogP contribution >= 0.6 is 15.9 Å². The summed E-state index contributed by atoms with van der Waals surface area (Å²) in [4.78, 5) is 13.8. The van der Waals surface area contributed by atoms with Crippen LogP contribution in [0.2, 0.25) is 0 Å². The predicted molar refractivity (Wildman–Crippen MR) is 71.6 cm³/mol. The number of benzene rings is 1. The second-order valence-corrected chi connectivity index (χ2v) is 5.57. The Hall–Kier alpha value is -0.940. The molecule has 0 spiro atoms. The molecule has 1 unspecified atom stereocenters. The van der Waals surface area contributed by atoms with Crippen LogP contribution in [0.4, 0.5) is 4.39 Å². The number of carbonyl (C=O) groups is 1. The Balaban J connectivity index is 2.04. The Labute approximate surface area is 114 Å². The number of hydrogen-bond acceptors (Lipinski definition) is 2. The van der Waals surface area contributed by atoms with Gasteiger partial charge in [0.2, 0.25) is 5.91 Å². The first-order valence-corrected chi connectivity index (χ1v) is 6.83. The van der Waals surface area contributed by atoms with Crippen LogP contribution in [0, 0.1) is 5.82 Å². The SMILES string of the molecule is NC1CCCN(C(=O)Cc2cc(Br)ccc2F)C1. The molecule has 0 saturated carbocycles. The maximum Gasteiger partial charge on any atom is 0.227 e. The van der Waals surface area contributed by atoms with Crippen LogP contribution in [0.25, 0.3) is 0 Å². The van der Waals surface area contributed by atoms with Crippen molar-refractivity contribution in [2.24, 2.45) is 5.73 Å². The lowest BCUT2D eigenvalue weighted by Crippen LogP contribution is -2.46. The van der Waals surface area contributed by atoms with Crippen LogP contribution in [0.1, 0.15) is 18.4 Å². The summed E-state index contributed by atoms with van der Waals surface area (Å²) in [5, 5.41) is 0. The first kappa shape index (κ1) is 13.5. The summed E-state index contributed by atoms with van der Waals surface area (Å²) in [6, 6.07) is 4.70. The molecular weight excluding hydrogens is 299 g/mol. The van der Waals surface area contributed by atoms with Crippen LogP contribution in [0.15, 0.2) is 22.7 Å². The third-order valence-corrected chi connectivity index (χ3v) is 3.65. The second kappa shape index (κ2) is 5.80. The van der Waals surface area contributed by atoms with E-state index in [1.807, 2.05) is 0 Å². The smallest absolute Gasteiger partial charge is 0.227 e. The zero-order valence-electron chi connectivity index (χ0n) is 10.0. The molecule has 1 aliphatic rings. The molecule has 0 aromatic heterocycles. The highest BCUT2D eigenvalue weighted by Gasteiger charge is 2.22. The normalized spacial score (nSPS) is 19.9. The number of likely N-dealkylation sites (tertiary alicyclic amines) is 1. The van der Waals surface area contributed by atoms with E-state index in [9.17, 15) is 9.18 Å². The minimum Gasteiger partial charge on any atom is -0.341 e. The molecular formula is C13H16BrFN2O. The summed E-state index contributed by atoms with van der Waals surface area (Å²) in [7, 11) is 0. The zero-order chi connectivity index (χ0) is 13.1. The lowest BCUT2D eigenvalue weighted by Gasteiger charge is -2.30. The Morgan fingerprint density at radius 2 is 2.33 bits per heavy atom. The molecule has 1 aliphatic heterocycles. The molecule has 2 N–H and O–H groups in total.